The molecule has 42 valence electrons. The first-order valence-electron chi connectivity index (χ1n) is 2.18. The van der Waals surface area contributed by atoms with Crippen molar-refractivity contribution >= 4 is 15.9 Å². The second kappa shape index (κ2) is 4.19. The van der Waals surface area contributed by atoms with Gasteiger partial charge in [0, 0.05) is 4.48 Å². The van der Waals surface area contributed by atoms with Crippen molar-refractivity contribution in [3.63, 3.8) is 0 Å². The van der Waals surface area contributed by atoms with Gasteiger partial charge in [-0.15, -0.1) is 0 Å². The van der Waals surface area contributed by atoms with E-state index >= 15 is 0 Å². The van der Waals surface area contributed by atoms with Gasteiger partial charge < -0.3 is 4.74 Å². The summed E-state index contributed by atoms with van der Waals surface area (Å²) in [5.74, 6) is 0. The summed E-state index contributed by atoms with van der Waals surface area (Å²) >= 11 is 3.27. The molecule has 1 nitrogen and oxygen atoms in total. The highest BCUT2D eigenvalue weighted by Crippen LogP contribution is 2.07. The van der Waals surface area contributed by atoms with E-state index in [-0.39, 0.29) is 0 Å². The molecule has 0 saturated heterocycles. The minimum atomic E-state index is 0.994. The lowest BCUT2D eigenvalue weighted by Gasteiger charge is -1.88. The fourth-order valence-corrected chi connectivity index (χ4v) is 0.398. The van der Waals surface area contributed by atoms with Crippen LogP contribution in [0.1, 0.15) is 13.3 Å². The molecule has 0 unspecified atom stereocenters. The smallest absolute Gasteiger partial charge is 0.0925 e. The fraction of sp³-hybridized carbons (Fsp3) is 0.600. The zero-order valence-electron chi connectivity index (χ0n) is 4.57. The molecule has 0 bridgehead atoms. The third kappa shape index (κ3) is 3.86. The highest BCUT2D eigenvalue weighted by atomic mass is 79.9. The summed E-state index contributed by atoms with van der Waals surface area (Å²) < 4.78 is 5.78. The van der Waals surface area contributed by atoms with Gasteiger partial charge >= 0.3 is 0 Å². The second-order valence-corrected chi connectivity index (χ2v) is 2.17. The van der Waals surface area contributed by atoms with Gasteiger partial charge in [0.25, 0.3) is 0 Å². The van der Waals surface area contributed by atoms with Crippen molar-refractivity contribution in [3.8, 4) is 0 Å². The molecule has 0 saturated carbocycles. The van der Waals surface area contributed by atoms with Crippen LogP contribution in [0.15, 0.2) is 10.7 Å². The molecule has 0 aliphatic rings. The van der Waals surface area contributed by atoms with Gasteiger partial charge in [-0.25, -0.2) is 0 Å². The molecule has 0 radical (unpaired) electrons. The van der Waals surface area contributed by atoms with Crippen LogP contribution in [0.25, 0.3) is 0 Å². The zero-order chi connectivity index (χ0) is 5.70. The van der Waals surface area contributed by atoms with Gasteiger partial charge in [-0.2, -0.15) is 0 Å². The van der Waals surface area contributed by atoms with Crippen molar-refractivity contribution in [2.75, 3.05) is 7.11 Å². The van der Waals surface area contributed by atoms with Crippen LogP contribution in [0.5, 0.6) is 0 Å². The number of ether oxygens (including phenoxy) is 1. The molecule has 7 heavy (non-hydrogen) atoms. The Kier molecular flexibility index (Phi) is 4.20. The molecule has 0 aromatic rings. The Hall–Kier alpha value is 0.0200. The molecule has 0 atom stereocenters. The van der Waals surface area contributed by atoms with Gasteiger partial charge in [0.2, 0.25) is 0 Å². The Bertz CT molecular complexity index is 68.5. The summed E-state index contributed by atoms with van der Waals surface area (Å²) in [7, 11) is 1.64. The van der Waals surface area contributed by atoms with Crippen molar-refractivity contribution < 1.29 is 4.74 Å². The van der Waals surface area contributed by atoms with Crippen molar-refractivity contribution in [2.24, 2.45) is 0 Å². The van der Waals surface area contributed by atoms with E-state index in [0.717, 1.165) is 10.9 Å². The van der Waals surface area contributed by atoms with E-state index in [4.69, 9.17) is 0 Å². The minimum Gasteiger partial charge on any atom is -0.504 e. The molecular formula is C5H9BrO. The quantitative estimate of drug-likeness (QED) is 0.570. The summed E-state index contributed by atoms with van der Waals surface area (Å²) in [4.78, 5) is 0. The summed E-state index contributed by atoms with van der Waals surface area (Å²) in [5, 5.41) is 0. The second-order valence-electron chi connectivity index (χ2n) is 1.15. The number of hydrogen-bond acceptors (Lipinski definition) is 1. The summed E-state index contributed by atoms with van der Waals surface area (Å²) in [6.45, 7) is 2.06. The van der Waals surface area contributed by atoms with Gasteiger partial charge in [-0.1, -0.05) is 22.9 Å². The van der Waals surface area contributed by atoms with Crippen molar-refractivity contribution in [1.29, 1.82) is 0 Å². The lowest BCUT2D eigenvalue weighted by Crippen LogP contribution is -1.68. The maximum atomic E-state index is 4.69. The third-order valence-corrected chi connectivity index (χ3v) is 1.33. The van der Waals surface area contributed by atoms with E-state index in [0.29, 0.717) is 0 Å². The third-order valence-electron chi connectivity index (χ3n) is 0.583. The Balaban J connectivity index is 3.29. The average Bonchev–Trinajstić information content (AvgIpc) is 1.68. The fourth-order valence-electron chi connectivity index (χ4n) is 0.211. The van der Waals surface area contributed by atoms with Crippen molar-refractivity contribution in [3.05, 3.63) is 10.7 Å². The molecule has 0 rings (SSSR count). The zero-order valence-corrected chi connectivity index (χ0v) is 6.16. The maximum Gasteiger partial charge on any atom is 0.0925 e. The molecule has 2 heteroatoms. The predicted molar refractivity (Wildman–Crippen MR) is 34.3 cm³/mol. The van der Waals surface area contributed by atoms with E-state index in [1.54, 1.807) is 13.4 Å². The first kappa shape index (κ1) is 7.02. The van der Waals surface area contributed by atoms with Crippen LogP contribution >= 0.6 is 15.9 Å². The van der Waals surface area contributed by atoms with Gasteiger partial charge in [-0.3, -0.25) is 0 Å². The number of allylic oxidation sites excluding steroid dienone is 1. The first-order chi connectivity index (χ1) is 3.31. The number of rotatable bonds is 2. The molecule has 0 N–H and O–H groups in total. The summed E-state index contributed by atoms with van der Waals surface area (Å²) in [6.07, 6.45) is 2.67. The van der Waals surface area contributed by atoms with Crippen LogP contribution < -0.4 is 0 Å². The average molecular weight is 165 g/mol. The van der Waals surface area contributed by atoms with Crippen molar-refractivity contribution in [1.82, 2.24) is 0 Å². The highest BCUT2D eigenvalue weighted by molar-refractivity contribution is 9.11. The van der Waals surface area contributed by atoms with Gasteiger partial charge in [0.15, 0.2) is 0 Å². The van der Waals surface area contributed by atoms with Crippen LogP contribution in [-0.2, 0) is 4.74 Å². The molecule has 0 aromatic heterocycles. The Labute approximate surface area is 52.5 Å². The molecular weight excluding hydrogens is 156 g/mol. The number of halogens is 1. The Morgan fingerprint density at radius 2 is 2.43 bits per heavy atom. The molecule has 0 fully saturated rings. The topological polar surface area (TPSA) is 9.23 Å². The van der Waals surface area contributed by atoms with E-state index in [9.17, 15) is 0 Å². The van der Waals surface area contributed by atoms with E-state index in [1.807, 2.05) is 0 Å². The van der Waals surface area contributed by atoms with E-state index in [2.05, 4.69) is 27.6 Å². The van der Waals surface area contributed by atoms with Gasteiger partial charge in [-0.05, 0) is 6.42 Å². The molecule has 0 heterocycles. The summed E-state index contributed by atoms with van der Waals surface area (Å²) in [6, 6.07) is 0. The molecule has 0 aromatic carbocycles. The van der Waals surface area contributed by atoms with E-state index < -0.39 is 0 Å². The normalized spacial score (nSPS) is 11.6. The van der Waals surface area contributed by atoms with Gasteiger partial charge in [0.05, 0.1) is 13.4 Å². The molecule has 0 aliphatic carbocycles. The monoisotopic (exact) mass is 164 g/mol. The first-order valence-corrected chi connectivity index (χ1v) is 2.98. The van der Waals surface area contributed by atoms with Crippen LogP contribution in [0.2, 0.25) is 0 Å². The molecule has 0 amide bonds. The largest absolute Gasteiger partial charge is 0.504 e. The maximum absolute atomic E-state index is 4.69. The van der Waals surface area contributed by atoms with Crippen LogP contribution in [0, 0.1) is 0 Å². The van der Waals surface area contributed by atoms with Crippen LogP contribution in [0.4, 0.5) is 0 Å². The Morgan fingerprint density at radius 3 is 2.57 bits per heavy atom. The predicted octanol–water partition coefficient (Wildman–Crippen LogP) is 2.28. The molecule has 0 aliphatic heterocycles. The molecule has 0 spiro atoms. The Morgan fingerprint density at radius 1 is 1.86 bits per heavy atom. The van der Waals surface area contributed by atoms with Gasteiger partial charge in [0.1, 0.15) is 0 Å². The van der Waals surface area contributed by atoms with Crippen molar-refractivity contribution in [2.45, 2.75) is 13.3 Å². The number of methoxy groups -OCH3 is 1. The highest BCUT2D eigenvalue weighted by Gasteiger charge is 1.80. The minimum absolute atomic E-state index is 0.994. The van der Waals surface area contributed by atoms with Crippen LogP contribution in [-0.4, -0.2) is 7.11 Å². The van der Waals surface area contributed by atoms with Crippen LogP contribution in [0.3, 0.4) is 0 Å². The SMILES string of the molecule is CC/C(Br)=C/OC. The lowest BCUT2D eigenvalue weighted by atomic mass is 10.5. The number of hydrogen-bond donors (Lipinski definition) is 0. The standard InChI is InChI=1S/C5H9BrO/c1-3-5(6)4-7-2/h4H,3H2,1-2H3/b5-4-. The van der Waals surface area contributed by atoms with E-state index in [1.165, 1.54) is 0 Å². The lowest BCUT2D eigenvalue weighted by molar-refractivity contribution is 0.336. The summed E-state index contributed by atoms with van der Waals surface area (Å²) in [5.41, 5.74) is 0.